The number of aromatic nitrogens is 3. The molecule has 1 N–H and O–H groups in total. The first-order chi connectivity index (χ1) is 12.7. The van der Waals surface area contributed by atoms with Gasteiger partial charge in [-0.05, 0) is 31.0 Å². The highest BCUT2D eigenvalue weighted by Crippen LogP contribution is 2.19. The number of halogens is 1. The van der Waals surface area contributed by atoms with Crippen LogP contribution in [0.15, 0.2) is 48.8 Å². The minimum atomic E-state index is -0.344. The molecule has 1 aromatic carbocycles. The highest BCUT2D eigenvalue weighted by atomic mass is 19.1. The van der Waals surface area contributed by atoms with Crippen LogP contribution in [-0.4, -0.2) is 40.7 Å². The fourth-order valence-electron chi connectivity index (χ4n) is 2.70. The second kappa shape index (κ2) is 8.39. The second-order valence-electron chi connectivity index (χ2n) is 5.74. The van der Waals surface area contributed by atoms with E-state index >= 15 is 0 Å². The maximum atomic E-state index is 11.9. The van der Waals surface area contributed by atoms with Gasteiger partial charge in [0, 0.05) is 19.3 Å². The van der Waals surface area contributed by atoms with Gasteiger partial charge in [0.2, 0.25) is 0 Å². The molecule has 0 bridgehead atoms. The number of fused-ring (bicyclic) bond motifs is 1. The van der Waals surface area contributed by atoms with Crippen molar-refractivity contribution in [3.8, 4) is 0 Å². The molecule has 0 aliphatic carbocycles. The van der Waals surface area contributed by atoms with E-state index in [0.717, 1.165) is 18.9 Å². The van der Waals surface area contributed by atoms with E-state index in [0.29, 0.717) is 11.2 Å². The number of hydrogen-bond donors (Lipinski definition) is 1. The molecule has 26 heavy (non-hydrogen) atoms. The van der Waals surface area contributed by atoms with E-state index in [-0.39, 0.29) is 11.7 Å². The molecule has 0 spiro atoms. The summed E-state index contributed by atoms with van der Waals surface area (Å²) in [5, 5.41) is 4.11. The summed E-state index contributed by atoms with van der Waals surface area (Å²) in [4.78, 5) is 23.2. The number of nitrogens with one attached hydrogen (secondary N) is 1. The molecule has 3 heterocycles. The first-order valence-electron chi connectivity index (χ1n) is 8.32. The van der Waals surface area contributed by atoms with Crippen LogP contribution in [0.2, 0.25) is 0 Å². The topological polar surface area (TPSA) is 71.8 Å². The molecule has 1 aliphatic rings. The van der Waals surface area contributed by atoms with Crippen LogP contribution in [0.3, 0.4) is 0 Å². The van der Waals surface area contributed by atoms with Crippen molar-refractivity contribution in [1.29, 1.82) is 0 Å². The lowest BCUT2D eigenvalue weighted by molar-refractivity contribution is 0.0539. The van der Waals surface area contributed by atoms with Crippen LogP contribution >= 0.6 is 0 Å². The molecule has 1 amide bonds. The Morgan fingerprint density at radius 3 is 2.54 bits per heavy atom. The Kier molecular flexibility index (Phi) is 5.75. The number of carbonyl (C=O) groups is 1. The van der Waals surface area contributed by atoms with E-state index in [2.05, 4.69) is 25.3 Å². The minimum absolute atomic E-state index is 0.178. The van der Waals surface area contributed by atoms with E-state index in [4.69, 9.17) is 0 Å². The summed E-state index contributed by atoms with van der Waals surface area (Å²) < 4.78 is 13.5. The Bertz CT molecular complexity index is 862. The number of benzene rings is 1. The lowest BCUT2D eigenvalue weighted by Crippen LogP contribution is -2.22. The predicted octanol–water partition coefficient (Wildman–Crippen LogP) is 2.45. The molecule has 0 saturated carbocycles. The first-order valence-corrected chi connectivity index (χ1v) is 8.32. The van der Waals surface area contributed by atoms with Gasteiger partial charge < -0.3 is 4.90 Å². The van der Waals surface area contributed by atoms with Gasteiger partial charge in [-0.3, -0.25) is 9.63 Å². The van der Waals surface area contributed by atoms with Gasteiger partial charge in [-0.15, -0.1) is 0 Å². The second-order valence-corrected chi connectivity index (χ2v) is 5.74. The van der Waals surface area contributed by atoms with Gasteiger partial charge in [-0.1, -0.05) is 18.2 Å². The number of anilines is 1. The van der Waals surface area contributed by atoms with E-state index in [9.17, 15) is 9.18 Å². The van der Waals surface area contributed by atoms with Crippen LogP contribution in [0.25, 0.3) is 5.65 Å². The zero-order valence-electron chi connectivity index (χ0n) is 14.4. The van der Waals surface area contributed by atoms with Gasteiger partial charge in [-0.2, -0.15) is 5.10 Å². The summed E-state index contributed by atoms with van der Waals surface area (Å²) in [6.07, 6.45) is 5.68. The Morgan fingerprint density at radius 1 is 1.19 bits per heavy atom. The summed E-state index contributed by atoms with van der Waals surface area (Å²) in [6.45, 7) is 2.02. The fraction of sp³-hybridized carbons (Fsp3) is 0.278. The normalized spacial score (nSPS) is 13.4. The van der Waals surface area contributed by atoms with Crippen molar-refractivity contribution in [1.82, 2.24) is 20.1 Å². The van der Waals surface area contributed by atoms with Crippen molar-refractivity contribution < 1.29 is 14.0 Å². The average molecular weight is 357 g/mol. The summed E-state index contributed by atoms with van der Waals surface area (Å²) in [7, 11) is 1.40. The summed E-state index contributed by atoms with van der Waals surface area (Å²) in [5.41, 5.74) is 3.23. The standard InChI is InChI=1S/C12H15N5O2.C6H5F/c1-19-15-12(18)9-8-13-17-7-4-10(14-11(9)17)16-5-2-3-6-16;7-6-4-2-1-3-5-6/h4,7-8H,2-3,5-6H2,1H3,(H,15,18);1-5H. The molecule has 2 aromatic heterocycles. The number of hydroxylamine groups is 1. The smallest absolute Gasteiger partial charge is 0.280 e. The molecular formula is C18H20FN5O2. The molecule has 1 saturated heterocycles. The third kappa shape index (κ3) is 4.15. The zero-order valence-corrected chi connectivity index (χ0v) is 14.4. The first kappa shape index (κ1) is 17.8. The van der Waals surface area contributed by atoms with Crippen molar-refractivity contribution in [3.05, 3.63) is 60.2 Å². The van der Waals surface area contributed by atoms with Crippen LogP contribution < -0.4 is 10.4 Å². The van der Waals surface area contributed by atoms with Gasteiger partial charge >= 0.3 is 0 Å². The number of amides is 1. The lowest BCUT2D eigenvalue weighted by atomic mass is 10.3. The molecule has 4 rings (SSSR count). The van der Waals surface area contributed by atoms with E-state index in [1.54, 1.807) is 22.7 Å². The number of nitrogens with zero attached hydrogens (tertiary/aromatic N) is 4. The minimum Gasteiger partial charge on any atom is -0.357 e. The maximum Gasteiger partial charge on any atom is 0.280 e. The molecule has 1 aliphatic heterocycles. The monoisotopic (exact) mass is 357 g/mol. The van der Waals surface area contributed by atoms with Crippen LogP contribution in [0.1, 0.15) is 23.2 Å². The third-order valence-electron chi connectivity index (χ3n) is 3.96. The highest BCUT2D eigenvalue weighted by Gasteiger charge is 2.17. The molecule has 0 atom stereocenters. The average Bonchev–Trinajstić information content (AvgIpc) is 3.32. The van der Waals surface area contributed by atoms with Gasteiger partial charge in [0.25, 0.3) is 5.91 Å². The van der Waals surface area contributed by atoms with E-state index in [1.165, 1.54) is 38.3 Å². The molecule has 0 radical (unpaired) electrons. The van der Waals surface area contributed by atoms with Gasteiger partial charge in [0.1, 0.15) is 17.2 Å². The third-order valence-corrected chi connectivity index (χ3v) is 3.96. The molecule has 0 unspecified atom stereocenters. The van der Waals surface area contributed by atoms with Crippen molar-refractivity contribution in [2.75, 3.05) is 25.1 Å². The zero-order chi connectivity index (χ0) is 18.4. The number of rotatable bonds is 3. The van der Waals surface area contributed by atoms with Crippen molar-refractivity contribution in [2.24, 2.45) is 0 Å². The Labute approximate surface area is 150 Å². The van der Waals surface area contributed by atoms with Gasteiger partial charge in [-0.25, -0.2) is 19.4 Å². The Balaban J connectivity index is 0.000000236. The SMILES string of the molecule is CONC(=O)c1cnn2ccc(N3CCCC3)nc12.Fc1ccccc1. The summed E-state index contributed by atoms with van der Waals surface area (Å²) in [6, 6.07) is 9.86. The molecule has 136 valence electrons. The number of hydrogen-bond acceptors (Lipinski definition) is 5. The largest absolute Gasteiger partial charge is 0.357 e. The Hall–Kier alpha value is -3.00. The maximum absolute atomic E-state index is 11.9. The van der Waals surface area contributed by atoms with E-state index < -0.39 is 0 Å². The highest BCUT2D eigenvalue weighted by molar-refractivity contribution is 5.99. The van der Waals surface area contributed by atoms with Crippen LogP contribution in [0.4, 0.5) is 10.2 Å². The lowest BCUT2D eigenvalue weighted by Gasteiger charge is -2.16. The van der Waals surface area contributed by atoms with Crippen molar-refractivity contribution >= 4 is 17.4 Å². The van der Waals surface area contributed by atoms with Crippen molar-refractivity contribution in [3.63, 3.8) is 0 Å². The van der Waals surface area contributed by atoms with Gasteiger partial charge in [0.05, 0.1) is 13.3 Å². The van der Waals surface area contributed by atoms with Crippen LogP contribution in [-0.2, 0) is 4.84 Å². The van der Waals surface area contributed by atoms with Crippen molar-refractivity contribution in [2.45, 2.75) is 12.8 Å². The molecule has 7 nitrogen and oxygen atoms in total. The van der Waals surface area contributed by atoms with Crippen LogP contribution in [0, 0.1) is 5.82 Å². The molecular weight excluding hydrogens is 337 g/mol. The summed E-state index contributed by atoms with van der Waals surface area (Å²) >= 11 is 0. The fourth-order valence-corrected chi connectivity index (χ4v) is 2.70. The number of carbonyl (C=O) groups excluding carboxylic acids is 1. The molecule has 8 heteroatoms. The molecule has 3 aromatic rings. The quantitative estimate of drug-likeness (QED) is 0.729. The summed E-state index contributed by atoms with van der Waals surface area (Å²) in [5.74, 6) is 0.364. The Morgan fingerprint density at radius 2 is 1.92 bits per heavy atom. The van der Waals surface area contributed by atoms with E-state index in [1.807, 2.05) is 12.3 Å². The van der Waals surface area contributed by atoms with Gasteiger partial charge in [0.15, 0.2) is 5.65 Å². The van der Waals surface area contributed by atoms with Crippen LogP contribution in [0.5, 0.6) is 0 Å². The molecule has 1 fully saturated rings. The predicted molar refractivity (Wildman–Crippen MR) is 95.3 cm³/mol.